The summed E-state index contributed by atoms with van der Waals surface area (Å²) in [6.07, 6.45) is 0.457. The van der Waals surface area contributed by atoms with Crippen LogP contribution in [0.15, 0.2) is 18.2 Å². The summed E-state index contributed by atoms with van der Waals surface area (Å²) in [5.74, 6) is -0.135. The van der Waals surface area contributed by atoms with Crippen molar-refractivity contribution in [2.75, 3.05) is 0 Å². The van der Waals surface area contributed by atoms with Gasteiger partial charge in [-0.3, -0.25) is 4.79 Å². The van der Waals surface area contributed by atoms with E-state index in [0.29, 0.717) is 17.0 Å². The number of nitrogens with two attached hydrogens (primary N) is 1. The number of hydrogen-bond donors (Lipinski definition) is 3. The van der Waals surface area contributed by atoms with E-state index in [0.717, 1.165) is 5.56 Å². The third-order valence-corrected chi connectivity index (χ3v) is 2.52. The number of rotatable bonds is 4. The highest BCUT2D eigenvalue weighted by molar-refractivity contribution is 7.80. The molecule has 0 radical (unpaired) electrons. The van der Waals surface area contributed by atoms with Crippen molar-refractivity contribution in [3.63, 3.8) is 0 Å². The zero-order chi connectivity index (χ0) is 13.0. The Morgan fingerprint density at radius 2 is 2.24 bits per heavy atom. The first kappa shape index (κ1) is 13.4. The molecule has 0 fully saturated rings. The highest BCUT2D eigenvalue weighted by atomic mass is 32.1. The van der Waals surface area contributed by atoms with E-state index in [4.69, 9.17) is 18.0 Å². The summed E-state index contributed by atoms with van der Waals surface area (Å²) in [7, 11) is 0. The fourth-order valence-corrected chi connectivity index (χ4v) is 1.66. The Balaban J connectivity index is 2.70. The predicted octanol–water partition coefficient (Wildman–Crippen LogP) is 1.50. The molecule has 1 aromatic rings. The normalized spacial score (nSPS) is 11.9. The van der Waals surface area contributed by atoms with Crippen molar-refractivity contribution in [3.05, 3.63) is 29.3 Å². The van der Waals surface area contributed by atoms with Gasteiger partial charge in [-0.15, -0.1) is 0 Å². The monoisotopic (exact) mass is 252 g/mol. The lowest BCUT2D eigenvalue weighted by atomic mass is 10.1. The Hall–Kier alpha value is -1.62. The number of hydrogen-bond acceptors (Lipinski definition) is 3. The van der Waals surface area contributed by atoms with Crippen LogP contribution in [0, 0.1) is 6.92 Å². The number of carbonyl (C=O) groups is 1. The molecule has 1 atom stereocenters. The first-order valence-corrected chi connectivity index (χ1v) is 5.69. The van der Waals surface area contributed by atoms with E-state index in [9.17, 15) is 9.90 Å². The molecule has 0 spiro atoms. The largest absolute Gasteiger partial charge is 0.508 e. The lowest BCUT2D eigenvalue weighted by Crippen LogP contribution is -2.35. The van der Waals surface area contributed by atoms with Gasteiger partial charge in [0, 0.05) is 18.0 Å². The second kappa shape index (κ2) is 5.63. The molecule has 4 nitrogen and oxygen atoms in total. The van der Waals surface area contributed by atoms with E-state index in [-0.39, 0.29) is 17.7 Å². The minimum Gasteiger partial charge on any atom is -0.508 e. The van der Waals surface area contributed by atoms with Gasteiger partial charge in [-0.05, 0) is 31.5 Å². The number of benzene rings is 1. The summed E-state index contributed by atoms with van der Waals surface area (Å²) >= 11 is 4.77. The Kier molecular flexibility index (Phi) is 4.45. The molecule has 0 aliphatic rings. The average molecular weight is 252 g/mol. The van der Waals surface area contributed by atoms with Crippen molar-refractivity contribution in [1.29, 1.82) is 0 Å². The molecule has 1 unspecified atom stereocenters. The second-order valence-electron chi connectivity index (χ2n) is 4.05. The van der Waals surface area contributed by atoms with Crippen molar-refractivity contribution in [1.82, 2.24) is 5.32 Å². The van der Waals surface area contributed by atoms with Crippen LogP contribution in [0.3, 0.4) is 0 Å². The van der Waals surface area contributed by atoms with Gasteiger partial charge in [0.1, 0.15) is 5.75 Å². The van der Waals surface area contributed by atoms with Crippen LogP contribution in [0.5, 0.6) is 5.75 Å². The van der Waals surface area contributed by atoms with Crippen LogP contribution < -0.4 is 11.1 Å². The van der Waals surface area contributed by atoms with Crippen LogP contribution >= 0.6 is 12.2 Å². The fraction of sp³-hybridized carbons (Fsp3) is 0.333. The van der Waals surface area contributed by atoms with Crippen molar-refractivity contribution in [2.45, 2.75) is 26.3 Å². The second-order valence-corrected chi connectivity index (χ2v) is 4.57. The minimum atomic E-state index is -0.246. The average Bonchev–Trinajstić information content (AvgIpc) is 2.20. The topological polar surface area (TPSA) is 75.4 Å². The van der Waals surface area contributed by atoms with Crippen molar-refractivity contribution >= 4 is 23.1 Å². The van der Waals surface area contributed by atoms with Crippen molar-refractivity contribution < 1.29 is 9.90 Å². The van der Waals surface area contributed by atoms with Gasteiger partial charge >= 0.3 is 0 Å². The Morgan fingerprint density at radius 1 is 1.59 bits per heavy atom. The zero-order valence-corrected chi connectivity index (χ0v) is 10.7. The Labute approximate surface area is 106 Å². The van der Waals surface area contributed by atoms with Crippen LogP contribution in [0.1, 0.15) is 29.3 Å². The summed E-state index contributed by atoms with van der Waals surface area (Å²) in [4.78, 5) is 12.2. The lowest BCUT2D eigenvalue weighted by Gasteiger charge is -2.13. The molecule has 0 saturated heterocycles. The van der Waals surface area contributed by atoms with Gasteiger partial charge in [-0.25, -0.2) is 0 Å². The highest BCUT2D eigenvalue weighted by Gasteiger charge is 2.11. The van der Waals surface area contributed by atoms with E-state index >= 15 is 0 Å². The third-order valence-electron chi connectivity index (χ3n) is 2.36. The van der Waals surface area contributed by atoms with Crippen LogP contribution in [-0.2, 0) is 0 Å². The molecule has 0 aromatic heterocycles. The molecule has 92 valence electrons. The number of phenolic OH excluding ortho intramolecular Hbond substituents is 1. The van der Waals surface area contributed by atoms with E-state index in [1.807, 2.05) is 6.92 Å². The molecule has 1 aromatic carbocycles. The van der Waals surface area contributed by atoms with Crippen LogP contribution in [0.25, 0.3) is 0 Å². The molecule has 0 aliphatic carbocycles. The van der Waals surface area contributed by atoms with Gasteiger partial charge in [-0.2, -0.15) is 0 Å². The number of thiocarbonyl (C=S) groups is 1. The summed E-state index contributed by atoms with van der Waals surface area (Å²) in [6, 6.07) is 4.68. The van der Waals surface area contributed by atoms with E-state index < -0.39 is 0 Å². The summed E-state index contributed by atoms with van der Waals surface area (Å²) in [5.41, 5.74) is 6.55. The van der Waals surface area contributed by atoms with Crippen LogP contribution in [-0.4, -0.2) is 22.0 Å². The molecule has 0 heterocycles. The van der Waals surface area contributed by atoms with E-state index in [2.05, 4.69) is 5.32 Å². The number of carbonyl (C=O) groups excluding carboxylic acids is 1. The number of nitrogens with one attached hydrogen (secondary N) is 1. The van der Waals surface area contributed by atoms with Gasteiger partial charge < -0.3 is 16.2 Å². The maximum atomic E-state index is 11.8. The summed E-state index contributed by atoms with van der Waals surface area (Å²) in [5, 5.41) is 12.3. The minimum absolute atomic E-state index is 0.111. The van der Waals surface area contributed by atoms with Gasteiger partial charge in [0.2, 0.25) is 0 Å². The molecule has 0 saturated carbocycles. The van der Waals surface area contributed by atoms with Gasteiger partial charge in [0.15, 0.2) is 0 Å². The third kappa shape index (κ3) is 4.03. The first-order valence-electron chi connectivity index (χ1n) is 5.29. The molecular weight excluding hydrogens is 236 g/mol. The van der Waals surface area contributed by atoms with Crippen LogP contribution in [0.2, 0.25) is 0 Å². The highest BCUT2D eigenvalue weighted by Crippen LogP contribution is 2.17. The molecule has 0 bridgehead atoms. The number of aryl methyl sites for hydroxylation is 1. The molecule has 17 heavy (non-hydrogen) atoms. The maximum absolute atomic E-state index is 11.8. The molecule has 1 rings (SSSR count). The molecular formula is C12H16N2O2S. The fourth-order valence-electron chi connectivity index (χ4n) is 1.41. The number of aromatic hydroxyl groups is 1. The first-order chi connectivity index (χ1) is 7.90. The standard InChI is InChI=1S/C12H16N2O2S/c1-7-3-4-9(6-10(7)15)12(16)14-8(2)5-11(13)17/h3-4,6,8,15H,5H2,1-2H3,(H2,13,17)(H,14,16). The molecule has 0 aliphatic heterocycles. The molecule has 1 amide bonds. The zero-order valence-electron chi connectivity index (χ0n) is 9.86. The molecule has 5 heteroatoms. The van der Waals surface area contributed by atoms with Crippen molar-refractivity contribution in [2.24, 2.45) is 5.73 Å². The van der Waals surface area contributed by atoms with Crippen LogP contribution in [0.4, 0.5) is 0 Å². The predicted molar refractivity (Wildman–Crippen MR) is 71.2 cm³/mol. The lowest BCUT2D eigenvalue weighted by molar-refractivity contribution is 0.0941. The SMILES string of the molecule is Cc1ccc(C(=O)NC(C)CC(N)=S)cc1O. The Bertz CT molecular complexity index is 446. The number of phenols is 1. The van der Waals surface area contributed by atoms with Gasteiger partial charge in [0.05, 0.1) is 4.99 Å². The molecule has 4 N–H and O–H groups in total. The van der Waals surface area contributed by atoms with Gasteiger partial charge in [-0.1, -0.05) is 18.3 Å². The van der Waals surface area contributed by atoms with Gasteiger partial charge in [0.25, 0.3) is 5.91 Å². The van der Waals surface area contributed by atoms with E-state index in [1.54, 1.807) is 19.1 Å². The summed E-state index contributed by atoms with van der Waals surface area (Å²) in [6.45, 7) is 3.59. The smallest absolute Gasteiger partial charge is 0.251 e. The summed E-state index contributed by atoms with van der Waals surface area (Å²) < 4.78 is 0. The maximum Gasteiger partial charge on any atom is 0.251 e. The quantitative estimate of drug-likeness (QED) is 0.710. The Morgan fingerprint density at radius 3 is 2.76 bits per heavy atom. The number of amides is 1. The van der Waals surface area contributed by atoms with Crippen molar-refractivity contribution in [3.8, 4) is 5.75 Å². The van der Waals surface area contributed by atoms with E-state index in [1.165, 1.54) is 6.07 Å².